The lowest BCUT2D eigenvalue weighted by Crippen LogP contribution is -2.06. The molecule has 88 valence electrons. The molecule has 0 atom stereocenters. The van der Waals surface area contributed by atoms with Gasteiger partial charge in [-0.15, -0.1) is 5.10 Å². The third kappa shape index (κ3) is 2.62. The second-order valence-electron chi connectivity index (χ2n) is 3.67. The van der Waals surface area contributed by atoms with Crippen LogP contribution in [0.15, 0.2) is 34.4 Å². The zero-order chi connectivity index (χ0) is 12.3. The van der Waals surface area contributed by atoms with Crippen molar-refractivity contribution in [3.05, 3.63) is 41.2 Å². The maximum atomic E-state index is 5.77. The van der Waals surface area contributed by atoms with E-state index in [2.05, 4.69) is 15.2 Å². The van der Waals surface area contributed by atoms with Gasteiger partial charge in [0.25, 0.3) is 0 Å². The van der Waals surface area contributed by atoms with Crippen molar-refractivity contribution in [2.45, 2.75) is 30.4 Å². The van der Waals surface area contributed by atoms with Gasteiger partial charge in [0.2, 0.25) is 0 Å². The largest absolute Gasteiger partial charge is 0.326 e. The van der Waals surface area contributed by atoms with E-state index in [0.717, 1.165) is 26.9 Å². The highest BCUT2D eigenvalue weighted by Gasteiger charge is 2.11. The molecule has 5 heteroatoms. The molecule has 2 heterocycles. The molecule has 2 aromatic heterocycles. The fraction of sp³-hybridized carbons (Fsp3) is 0.250. The van der Waals surface area contributed by atoms with E-state index < -0.39 is 0 Å². The second-order valence-corrected chi connectivity index (χ2v) is 4.68. The van der Waals surface area contributed by atoms with Gasteiger partial charge in [0, 0.05) is 18.3 Å². The van der Waals surface area contributed by atoms with Gasteiger partial charge in [-0.1, -0.05) is 6.07 Å². The van der Waals surface area contributed by atoms with Crippen molar-refractivity contribution < 1.29 is 0 Å². The van der Waals surface area contributed by atoms with Crippen LogP contribution in [0.5, 0.6) is 0 Å². The predicted octanol–water partition coefficient (Wildman–Crippen LogP) is 2.10. The molecule has 4 nitrogen and oxygen atoms in total. The molecule has 0 unspecified atom stereocenters. The third-order valence-corrected chi connectivity index (χ3v) is 3.56. The summed E-state index contributed by atoms with van der Waals surface area (Å²) in [6.45, 7) is 4.43. The van der Waals surface area contributed by atoms with E-state index in [0.29, 0.717) is 6.54 Å². The van der Waals surface area contributed by atoms with Gasteiger partial charge in [-0.25, -0.2) is 4.98 Å². The summed E-state index contributed by atoms with van der Waals surface area (Å²) in [4.78, 5) is 4.26. The van der Waals surface area contributed by atoms with E-state index in [1.54, 1.807) is 6.20 Å². The number of nitrogens with zero attached hydrogens (tertiary/aromatic N) is 3. The quantitative estimate of drug-likeness (QED) is 0.898. The van der Waals surface area contributed by atoms with Crippen molar-refractivity contribution in [2.75, 3.05) is 0 Å². The van der Waals surface area contributed by atoms with Crippen LogP contribution in [0.4, 0.5) is 0 Å². The molecule has 2 N–H and O–H groups in total. The topological polar surface area (TPSA) is 64.7 Å². The summed E-state index contributed by atoms with van der Waals surface area (Å²) in [5.74, 6) is 0. The Labute approximate surface area is 105 Å². The minimum Gasteiger partial charge on any atom is -0.326 e. The van der Waals surface area contributed by atoms with Crippen molar-refractivity contribution in [2.24, 2.45) is 5.73 Å². The Morgan fingerprint density at radius 1 is 1.24 bits per heavy atom. The van der Waals surface area contributed by atoms with Gasteiger partial charge >= 0.3 is 0 Å². The second kappa shape index (κ2) is 5.25. The summed E-state index contributed by atoms with van der Waals surface area (Å²) < 4.78 is 0. The molecule has 0 radical (unpaired) electrons. The summed E-state index contributed by atoms with van der Waals surface area (Å²) in [6.07, 6.45) is 1.76. The van der Waals surface area contributed by atoms with E-state index in [4.69, 9.17) is 5.73 Å². The molecule has 0 saturated carbocycles. The fourth-order valence-electron chi connectivity index (χ4n) is 1.46. The van der Waals surface area contributed by atoms with Gasteiger partial charge in [0.15, 0.2) is 0 Å². The smallest absolute Gasteiger partial charge is 0.130 e. The normalized spacial score (nSPS) is 10.5. The first-order chi connectivity index (χ1) is 8.22. The van der Waals surface area contributed by atoms with E-state index in [9.17, 15) is 0 Å². The van der Waals surface area contributed by atoms with Gasteiger partial charge in [-0.3, -0.25) is 0 Å². The van der Waals surface area contributed by atoms with Crippen molar-refractivity contribution >= 4 is 11.8 Å². The van der Waals surface area contributed by atoms with Crippen LogP contribution in [-0.2, 0) is 6.54 Å². The summed E-state index contributed by atoms with van der Waals surface area (Å²) in [5.41, 5.74) is 8.86. The highest BCUT2D eigenvalue weighted by Crippen LogP contribution is 2.28. The van der Waals surface area contributed by atoms with Crippen LogP contribution in [0.2, 0.25) is 0 Å². The average Bonchev–Trinajstić information content (AvgIpc) is 2.36. The number of rotatable bonds is 3. The first kappa shape index (κ1) is 12.0. The highest BCUT2D eigenvalue weighted by molar-refractivity contribution is 7.99. The molecule has 0 aliphatic rings. The van der Waals surface area contributed by atoms with Gasteiger partial charge in [-0.2, -0.15) is 5.10 Å². The first-order valence-electron chi connectivity index (χ1n) is 5.34. The van der Waals surface area contributed by atoms with E-state index in [-0.39, 0.29) is 0 Å². The van der Waals surface area contributed by atoms with Crippen molar-refractivity contribution in [3.8, 4) is 0 Å². The maximum absolute atomic E-state index is 5.77. The molecule has 0 amide bonds. The standard InChI is InChI=1S/C12H14N4S/c1-8-9(2)15-16-12(10(8)7-13)17-11-5-3-4-6-14-11/h3-6H,7,13H2,1-2H3. The minimum atomic E-state index is 0.470. The molecule has 0 bridgehead atoms. The Kier molecular flexibility index (Phi) is 3.71. The van der Waals surface area contributed by atoms with Crippen LogP contribution in [-0.4, -0.2) is 15.2 Å². The zero-order valence-electron chi connectivity index (χ0n) is 9.84. The Morgan fingerprint density at radius 3 is 2.71 bits per heavy atom. The average molecular weight is 246 g/mol. The molecular formula is C12H14N4S. The lowest BCUT2D eigenvalue weighted by Gasteiger charge is -2.09. The fourth-order valence-corrected chi connectivity index (χ4v) is 2.36. The molecule has 0 saturated heterocycles. The Morgan fingerprint density at radius 2 is 2.06 bits per heavy atom. The lowest BCUT2D eigenvalue weighted by molar-refractivity contribution is 0.823. The Bertz CT molecular complexity index is 513. The van der Waals surface area contributed by atoms with Crippen molar-refractivity contribution in [3.63, 3.8) is 0 Å². The molecule has 0 fully saturated rings. The SMILES string of the molecule is Cc1nnc(Sc2ccccn2)c(CN)c1C. The number of aromatic nitrogens is 3. The summed E-state index contributed by atoms with van der Waals surface area (Å²) in [6, 6.07) is 5.79. The van der Waals surface area contributed by atoms with Crippen LogP contribution in [0.25, 0.3) is 0 Å². The number of nitrogens with two attached hydrogens (primary N) is 1. The number of pyridine rings is 1. The molecule has 2 rings (SSSR count). The van der Waals surface area contributed by atoms with E-state index in [1.807, 2.05) is 32.0 Å². The van der Waals surface area contributed by atoms with E-state index in [1.165, 1.54) is 11.8 Å². The summed E-state index contributed by atoms with van der Waals surface area (Å²) >= 11 is 1.50. The predicted molar refractivity (Wildman–Crippen MR) is 67.8 cm³/mol. The van der Waals surface area contributed by atoms with Crippen molar-refractivity contribution in [1.29, 1.82) is 0 Å². The molecule has 2 aromatic rings. The van der Waals surface area contributed by atoms with Crippen LogP contribution in [0, 0.1) is 13.8 Å². The Hall–Kier alpha value is -1.46. The third-order valence-electron chi connectivity index (χ3n) is 2.59. The Balaban J connectivity index is 2.37. The summed E-state index contributed by atoms with van der Waals surface area (Å²) in [7, 11) is 0. The van der Waals surface area contributed by atoms with Gasteiger partial charge in [-0.05, 0) is 43.3 Å². The molecular weight excluding hydrogens is 232 g/mol. The highest BCUT2D eigenvalue weighted by atomic mass is 32.2. The van der Waals surface area contributed by atoms with Gasteiger partial charge < -0.3 is 5.73 Å². The van der Waals surface area contributed by atoms with Gasteiger partial charge in [0.1, 0.15) is 10.1 Å². The first-order valence-corrected chi connectivity index (χ1v) is 6.15. The van der Waals surface area contributed by atoms with Crippen LogP contribution >= 0.6 is 11.8 Å². The minimum absolute atomic E-state index is 0.470. The van der Waals surface area contributed by atoms with Crippen LogP contribution in [0.1, 0.15) is 16.8 Å². The lowest BCUT2D eigenvalue weighted by atomic mass is 10.1. The monoisotopic (exact) mass is 246 g/mol. The number of aryl methyl sites for hydroxylation is 1. The molecule has 17 heavy (non-hydrogen) atoms. The molecule has 0 aromatic carbocycles. The van der Waals surface area contributed by atoms with Crippen LogP contribution in [0.3, 0.4) is 0 Å². The molecule has 0 spiro atoms. The van der Waals surface area contributed by atoms with Gasteiger partial charge in [0.05, 0.1) is 5.69 Å². The van der Waals surface area contributed by atoms with Crippen molar-refractivity contribution in [1.82, 2.24) is 15.2 Å². The zero-order valence-corrected chi connectivity index (χ0v) is 10.7. The molecule has 0 aliphatic heterocycles. The number of hydrogen-bond donors (Lipinski definition) is 1. The van der Waals surface area contributed by atoms with Crippen LogP contribution < -0.4 is 5.73 Å². The number of hydrogen-bond acceptors (Lipinski definition) is 5. The maximum Gasteiger partial charge on any atom is 0.130 e. The summed E-state index contributed by atoms with van der Waals surface area (Å²) in [5, 5.41) is 10.1. The van der Waals surface area contributed by atoms with E-state index >= 15 is 0 Å². The molecule has 0 aliphatic carbocycles.